The van der Waals surface area contributed by atoms with Crippen LogP contribution in [0, 0.1) is 12.7 Å². The van der Waals surface area contributed by atoms with Gasteiger partial charge in [-0.3, -0.25) is 0 Å². The highest BCUT2D eigenvalue weighted by Crippen LogP contribution is 2.25. The van der Waals surface area contributed by atoms with E-state index in [0.29, 0.717) is 10.6 Å². The summed E-state index contributed by atoms with van der Waals surface area (Å²) in [6, 6.07) is 10.9. The van der Waals surface area contributed by atoms with E-state index in [-0.39, 0.29) is 5.82 Å². The number of rotatable bonds is 3. The highest BCUT2D eigenvalue weighted by Gasteiger charge is 2.06. The molecule has 3 rings (SSSR count). The number of benzene rings is 1. The first-order valence-corrected chi connectivity index (χ1v) is 7.03. The quantitative estimate of drug-likeness (QED) is 0.668. The lowest BCUT2D eigenvalue weighted by atomic mass is 10.3. The van der Waals surface area contributed by atoms with Gasteiger partial charge in [0.1, 0.15) is 11.5 Å². The van der Waals surface area contributed by atoms with E-state index < -0.39 is 0 Å². The van der Waals surface area contributed by atoms with Crippen molar-refractivity contribution in [1.82, 2.24) is 9.38 Å². The summed E-state index contributed by atoms with van der Waals surface area (Å²) in [7, 11) is 0. The van der Waals surface area contributed by atoms with E-state index in [1.54, 1.807) is 12.1 Å². The number of pyridine rings is 1. The highest BCUT2D eigenvalue weighted by molar-refractivity contribution is 7.98. The number of thioether (sulfide) groups is 1. The Bertz CT molecular complexity index is 721. The smallest absolute Gasteiger partial charge is 0.139 e. The topological polar surface area (TPSA) is 17.3 Å². The van der Waals surface area contributed by atoms with Crippen molar-refractivity contribution >= 4 is 17.4 Å². The van der Waals surface area contributed by atoms with Crippen LogP contribution in [0.25, 0.3) is 5.65 Å². The Balaban J connectivity index is 1.83. The lowest BCUT2D eigenvalue weighted by Gasteiger charge is -2.00. The van der Waals surface area contributed by atoms with E-state index in [1.807, 2.05) is 41.9 Å². The molecule has 96 valence electrons. The van der Waals surface area contributed by atoms with Gasteiger partial charge in [0.2, 0.25) is 0 Å². The standard InChI is InChI=1S/C15H13FN2S/c1-11-5-4-8-18-9-12(17-15(11)18)10-19-14-7-3-2-6-13(14)16/h2-9H,10H2,1H3. The van der Waals surface area contributed by atoms with Crippen molar-refractivity contribution in [3.63, 3.8) is 0 Å². The van der Waals surface area contributed by atoms with Gasteiger partial charge in [-0.25, -0.2) is 9.37 Å². The van der Waals surface area contributed by atoms with Gasteiger partial charge in [-0.1, -0.05) is 18.2 Å². The Labute approximate surface area is 115 Å². The van der Waals surface area contributed by atoms with Crippen LogP contribution in [0.5, 0.6) is 0 Å². The van der Waals surface area contributed by atoms with Crippen LogP contribution in [0.3, 0.4) is 0 Å². The molecule has 0 atom stereocenters. The van der Waals surface area contributed by atoms with Crippen molar-refractivity contribution in [2.75, 3.05) is 0 Å². The molecule has 0 spiro atoms. The van der Waals surface area contributed by atoms with Crippen LogP contribution < -0.4 is 0 Å². The number of aromatic nitrogens is 2. The van der Waals surface area contributed by atoms with Crippen molar-refractivity contribution in [2.24, 2.45) is 0 Å². The fraction of sp³-hybridized carbons (Fsp3) is 0.133. The molecule has 2 nitrogen and oxygen atoms in total. The summed E-state index contributed by atoms with van der Waals surface area (Å²) < 4.78 is 15.5. The molecule has 0 radical (unpaired) electrons. The number of imidazole rings is 1. The van der Waals surface area contributed by atoms with Crippen LogP contribution >= 0.6 is 11.8 Å². The normalized spacial score (nSPS) is 11.1. The molecule has 0 saturated heterocycles. The summed E-state index contributed by atoms with van der Waals surface area (Å²) in [4.78, 5) is 5.24. The summed E-state index contributed by atoms with van der Waals surface area (Å²) in [6.07, 6.45) is 3.97. The zero-order chi connectivity index (χ0) is 13.2. The molecule has 0 bridgehead atoms. The van der Waals surface area contributed by atoms with Crippen LogP contribution in [0.15, 0.2) is 53.7 Å². The average Bonchev–Trinajstić information content (AvgIpc) is 2.82. The van der Waals surface area contributed by atoms with Gasteiger partial charge in [0, 0.05) is 23.0 Å². The van der Waals surface area contributed by atoms with Crippen molar-refractivity contribution in [1.29, 1.82) is 0 Å². The number of nitrogens with zero attached hydrogens (tertiary/aromatic N) is 2. The zero-order valence-electron chi connectivity index (χ0n) is 10.5. The van der Waals surface area contributed by atoms with Gasteiger partial charge < -0.3 is 4.40 Å². The van der Waals surface area contributed by atoms with E-state index in [9.17, 15) is 4.39 Å². The number of fused-ring (bicyclic) bond motifs is 1. The van der Waals surface area contributed by atoms with Gasteiger partial charge in [-0.15, -0.1) is 11.8 Å². The summed E-state index contributed by atoms with van der Waals surface area (Å²) in [6.45, 7) is 2.04. The summed E-state index contributed by atoms with van der Waals surface area (Å²) >= 11 is 1.47. The Morgan fingerprint density at radius 3 is 2.84 bits per heavy atom. The second kappa shape index (κ2) is 5.05. The maximum absolute atomic E-state index is 13.5. The minimum Gasteiger partial charge on any atom is -0.307 e. The van der Waals surface area contributed by atoms with Crippen molar-refractivity contribution in [2.45, 2.75) is 17.6 Å². The largest absolute Gasteiger partial charge is 0.307 e. The first kappa shape index (κ1) is 12.2. The minimum atomic E-state index is -0.174. The molecule has 19 heavy (non-hydrogen) atoms. The summed E-state index contributed by atoms with van der Waals surface area (Å²) in [5.41, 5.74) is 3.07. The molecule has 0 aliphatic carbocycles. The maximum atomic E-state index is 13.5. The van der Waals surface area contributed by atoms with Gasteiger partial charge in [0.15, 0.2) is 0 Å². The molecule has 0 aliphatic rings. The molecule has 0 N–H and O–H groups in total. The van der Waals surface area contributed by atoms with Gasteiger partial charge in [0.05, 0.1) is 5.69 Å². The molecular formula is C15H13FN2S. The molecule has 1 aromatic carbocycles. The molecule has 0 amide bonds. The van der Waals surface area contributed by atoms with E-state index in [0.717, 1.165) is 16.9 Å². The third-order valence-electron chi connectivity index (χ3n) is 2.94. The lowest BCUT2D eigenvalue weighted by molar-refractivity contribution is 0.602. The molecule has 0 aliphatic heterocycles. The van der Waals surface area contributed by atoms with Crippen LogP contribution in [0.4, 0.5) is 4.39 Å². The number of aryl methyl sites for hydroxylation is 1. The summed E-state index contributed by atoms with van der Waals surface area (Å²) in [5, 5.41) is 0. The number of hydrogen-bond donors (Lipinski definition) is 0. The Morgan fingerprint density at radius 2 is 2.05 bits per heavy atom. The first-order valence-electron chi connectivity index (χ1n) is 6.04. The first-order chi connectivity index (χ1) is 9.24. The van der Waals surface area contributed by atoms with Crippen molar-refractivity contribution in [3.8, 4) is 0 Å². The highest BCUT2D eigenvalue weighted by atomic mass is 32.2. The van der Waals surface area contributed by atoms with Gasteiger partial charge in [-0.2, -0.15) is 0 Å². The van der Waals surface area contributed by atoms with E-state index in [4.69, 9.17) is 0 Å². The number of hydrogen-bond acceptors (Lipinski definition) is 2. The predicted octanol–water partition coefficient (Wildman–Crippen LogP) is 4.07. The Morgan fingerprint density at radius 1 is 1.21 bits per heavy atom. The van der Waals surface area contributed by atoms with Crippen LogP contribution in [-0.4, -0.2) is 9.38 Å². The summed E-state index contributed by atoms with van der Waals surface area (Å²) in [5.74, 6) is 0.495. The third-order valence-corrected chi connectivity index (χ3v) is 4.02. The minimum absolute atomic E-state index is 0.174. The molecular weight excluding hydrogens is 259 g/mol. The molecule has 2 heterocycles. The second-order valence-electron chi connectivity index (χ2n) is 4.37. The molecule has 0 fully saturated rings. The maximum Gasteiger partial charge on any atom is 0.139 e. The Kier molecular flexibility index (Phi) is 3.25. The van der Waals surface area contributed by atoms with Gasteiger partial charge in [0.25, 0.3) is 0 Å². The van der Waals surface area contributed by atoms with E-state index in [1.165, 1.54) is 17.8 Å². The zero-order valence-corrected chi connectivity index (χ0v) is 11.3. The number of halogens is 1. The Hall–Kier alpha value is -1.81. The predicted molar refractivity (Wildman–Crippen MR) is 75.9 cm³/mol. The average molecular weight is 272 g/mol. The second-order valence-corrected chi connectivity index (χ2v) is 5.39. The van der Waals surface area contributed by atoms with E-state index >= 15 is 0 Å². The van der Waals surface area contributed by atoms with Crippen LogP contribution in [0.2, 0.25) is 0 Å². The van der Waals surface area contributed by atoms with Crippen LogP contribution in [-0.2, 0) is 5.75 Å². The van der Waals surface area contributed by atoms with Crippen molar-refractivity contribution < 1.29 is 4.39 Å². The monoisotopic (exact) mass is 272 g/mol. The SMILES string of the molecule is Cc1cccn2cc(CSc3ccccc3F)nc12. The van der Waals surface area contributed by atoms with Gasteiger partial charge >= 0.3 is 0 Å². The molecule has 2 aromatic heterocycles. The lowest BCUT2D eigenvalue weighted by Crippen LogP contribution is -1.84. The third kappa shape index (κ3) is 2.49. The van der Waals surface area contributed by atoms with E-state index in [2.05, 4.69) is 4.98 Å². The fourth-order valence-electron chi connectivity index (χ4n) is 1.99. The molecule has 0 unspecified atom stereocenters. The van der Waals surface area contributed by atoms with Crippen molar-refractivity contribution in [3.05, 3.63) is 65.9 Å². The van der Waals surface area contributed by atoms with Gasteiger partial charge in [-0.05, 0) is 30.7 Å². The fourth-order valence-corrected chi connectivity index (χ4v) is 2.81. The molecule has 0 saturated carbocycles. The van der Waals surface area contributed by atoms with Crippen LogP contribution in [0.1, 0.15) is 11.3 Å². The molecule has 3 aromatic rings. The molecule has 4 heteroatoms.